The first-order valence-electron chi connectivity index (χ1n) is 7.70. The van der Waals surface area contributed by atoms with Gasteiger partial charge in [0.1, 0.15) is 0 Å². The lowest BCUT2D eigenvalue weighted by molar-refractivity contribution is -0.120. The minimum atomic E-state index is -0.269. The van der Waals surface area contributed by atoms with E-state index in [2.05, 4.69) is 24.2 Å². The fourth-order valence-electron chi connectivity index (χ4n) is 2.95. The van der Waals surface area contributed by atoms with Crippen LogP contribution in [0.5, 0.6) is 0 Å². The number of thioether (sulfide) groups is 1. The molecule has 0 aromatic heterocycles. The van der Waals surface area contributed by atoms with Crippen LogP contribution in [0, 0.1) is 0 Å². The van der Waals surface area contributed by atoms with E-state index in [0.29, 0.717) is 6.42 Å². The molecule has 21 heavy (non-hydrogen) atoms. The lowest BCUT2D eigenvalue weighted by Gasteiger charge is -2.36. The summed E-state index contributed by atoms with van der Waals surface area (Å²) in [4.78, 5) is 12.3. The van der Waals surface area contributed by atoms with Crippen molar-refractivity contribution in [1.29, 1.82) is 0 Å². The number of hydrogen-bond donors (Lipinski definition) is 2. The molecule has 0 radical (unpaired) electrons. The highest BCUT2D eigenvalue weighted by molar-refractivity contribution is 8.00. The van der Waals surface area contributed by atoms with E-state index in [1.165, 1.54) is 32.1 Å². The number of carbonyl (C=O) groups excluding carboxylic acids is 1. The summed E-state index contributed by atoms with van der Waals surface area (Å²) in [7, 11) is 0. The Kier molecular flexibility index (Phi) is 6.49. The summed E-state index contributed by atoms with van der Waals surface area (Å²) in [6.45, 7) is 0.777. The minimum Gasteiger partial charge on any atom is -0.354 e. The van der Waals surface area contributed by atoms with Crippen LogP contribution in [-0.4, -0.2) is 28.7 Å². The van der Waals surface area contributed by atoms with Crippen LogP contribution in [0.3, 0.4) is 0 Å². The molecule has 2 rings (SSSR count). The van der Waals surface area contributed by atoms with Crippen molar-refractivity contribution in [2.24, 2.45) is 0 Å². The molecule has 1 fully saturated rings. The SMILES string of the molecule is CSC1(CNC(=O)C(S)Cc2ccccc2)CCCCC1. The molecule has 1 aliphatic rings. The third-order valence-corrected chi connectivity index (χ3v) is 6.19. The predicted molar refractivity (Wildman–Crippen MR) is 95.3 cm³/mol. The van der Waals surface area contributed by atoms with Gasteiger partial charge < -0.3 is 5.32 Å². The zero-order valence-corrected chi connectivity index (χ0v) is 14.4. The van der Waals surface area contributed by atoms with Gasteiger partial charge in [-0.15, -0.1) is 0 Å². The topological polar surface area (TPSA) is 29.1 Å². The average molecular weight is 324 g/mol. The van der Waals surface area contributed by atoms with E-state index in [0.717, 1.165) is 12.1 Å². The Bertz CT molecular complexity index is 443. The maximum Gasteiger partial charge on any atom is 0.233 e. The van der Waals surface area contributed by atoms with Crippen molar-refractivity contribution in [3.05, 3.63) is 35.9 Å². The van der Waals surface area contributed by atoms with Crippen LogP contribution in [0.25, 0.3) is 0 Å². The molecule has 116 valence electrons. The Morgan fingerprint density at radius 1 is 1.29 bits per heavy atom. The fourth-order valence-corrected chi connectivity index (χ4v) is 4.16. The molecule has 1 amide bonds. The number of rotatable bonds is 6. The van der Waals surface area contributed by atoms with E-state index < -0.39 is 0 Å². The first kappa shape index (κ1) is 16.8. The van der Waals surface area contributed by atoms with E-state index >= 15 is 0 Å². The van der Waals surface area contributed by atoms with Gasteiger partial charge in [-0.05, 0) is 31.1 Å². The van der Waals surface area contributed by atoms with Crippen LogP contribution in [0.15, 0.2) is 30.3 Å². The lowest BCUT2D eigenvalue weighted by atomic mass is 9.88. The molecule has 1 aliphatic carbocycles. The predicted octanol–water partition coefficient (Wildman–Crippen LogP) is 3.71. The van der Waals surface area contributed by atoms with Crippen molar-refractivity contribution in [3.8, 4) is 0 Å². The molecule has 1 atom stereocenters. The van der Waals surface area contributed by atoms with Crippen LogP contribution in [0.1, 0.15) is 37.7 Å². The zero-order valence-electron chi connectivity index (χ0n) is 12.7. The first-order chi connectivity index (χ1) is 10.2. The van der Waals surface area contributed by atoms with Crippen LogP contribution < -0.4 is 5.32 Å². The van der Waals surface area contributed by atoms with Gasteiger partial charge >= 0.3 is 0 Å². The van der Waals surface area contributed by atoms with Crippen LogP contribution >= 0.6 is 24.4 Å². The maximum absolute atomic E-state index is 12.3. The van der Waals surface area contributed by atoms with Crippen molar-refractivity contribution in [2.45, 2.75) is 48.5 Å². The molecule has 1 aromatic rings. The number of thiol groups is 1. The molecular weight excluding hydrogens is 298 g/mol. The summed E-state index contributed by atoms with van der Waals surface area (Å²) in [5, 5.41) is 2.86. The quantitative estimate of drug-likeness (QED) is 0.782. The lowest BCUT2D eigenvalue weighted by Crippen LogP contribution is -2.44. The van der Waals surface area contributed by atoms with E-state index in [1.807, 2.05) is 42.1 Å². The van der Waals surface area contributed by atoms with E-state index in [1.54, 1.807) is 0 Å². The second-order valence-electron chi connectivity index (χ2n) is 5.87. The number of amides is 1. The average Bonchev–Trinajstić information content (AvgIpc) is 2.54. The summed E-state index contributed by atoms with van der Waals surface area (Å²) in [6, 6.07) is 10.1. The van der Waals surface area contributed by atoms with Gasteiger partial charge in [-0.3, -0.25) is 4.79 Å². The monoisotopic (exact) mass is 323 g/mol. The van der Waals surface area contributed by atoms with E-state index in [-0.39, 0.29) is 15.9 Å². The fraction of sp³-hybridized carbons (Fsp3) is 0.588. The second-order valence-corrected chi connectivity index (χ2v) is 7.77. The highest BCUT2D eigenvalue weighted by Crippen LogP contribution is 2.37. The summed E-state index contributed by atoms with van der Waals surface area (Å²) < 4.78 is 0.244. The van der Waals surface area contributed by atoms with E-state index in [4.69, 9.17) is 0 Å². The number of benzene rings is 1. The van der Waals surface area contributed by atoms with Gasteiger partial charge in [-0.1, -0.05) is 49.6 Å². The van der Waals surface area contributed by atoms with Gasteiger partial charge in [-0.2, -0.15) is 24.4 Å². The molecule has 0 aliphatic heterocycles. The Morgan fingerprint density at radius 3 is 2.57 bits per heavy atom. The van der Waals surface area contributed by atoms with Crippen LogP contribution in [0.2, 0.25) is 0 Å². The molecule has 1 saturated carbocycles. The summed E-state index contributed by atoms with van der Waals surface area (Å²) in [5.41, 5.74) is 1.16. The van der Waals surface area contributed by atoms with Gasteiger partial charge in [0.05, 0.1) is 5.25 Å². The summed E-state index contributed by atoms with van der Waals surface area (Å²) >= 11 is 6.38. The molecular formula is C17H25NOS2. The third kappa shape index (κ3) is 4.96. The van der Waals surface area contributed by atoms with Crippen molar-refractivity contribution >= 4 is 30.3 Å². The van der Waals surface area contributed by atoms with E-state index in [9.17, 15) is 4.79 Å². The Morgan fingerprint density at radius 2 is 1.95 bits per heavy atom. The van der Waals surface area contributed by atoms with Gasteiger partial charge in [0.15, 0.2) is 0 Å². The van der Waals surface area contributed by atoms with Crippen molar-refractivity contribution < 1.29 is 4.79 Å². The van der Waals surface area contributed by atoms with Gasteiger partial charge in [-0.25, -0.2) is 0 Å². The van der Waals surface area contributed by atoms with Gasteiger partial charge in [0.25, 0.3) is 0 Å². The van der Waals surface area contributed by atoms with Crippen molar-refractivity contribution in [2.75, 3.05) is 12.8 Å². The zero-order chi connectivity index (χ0) is 15.1. The molecule has 0 heterocycles. The highest BCUT2D eigenvalue weighted by atomic mass is 32.2. The summed E-state index contributed by atoms with van der Waals surface area (Å²) in [5.74, 6) is 0.0567. The number of nitrogens with one attached hydrogen (secondary N) is 1. The standard InChI is InChI=1S/C17H25NOS2/c1-21-17(10-6-3-7-11-17)13-18-16(19)15(20)12-14-8-4-2-5-9-14/h2,4-5,8-9,15,20H,3,6-7,10-13H2,1H3,(H,18,19). The molecule has 0 bridgehead atoms. The Balaban J connectivity index is 1.83. The molecule has 2 nitrogen and oxygen atoms in total. The normalized spacial score (nSPS) is 19.0. The Labute approximate surface area is 137 Å². The minimum absolute atomic E-state index is 0.0567. The molecule has 1 aromatic carbocycles. The molecule has 1 unspecified atom stereocenters. The summed E-state index contributed by atoms with van der Waals surface area (Å²) in [6.07, 6.45) is 9.17. The Hall–Kier alpha value is -0.610. The van der Waals surface area contributed by atoms with Gasteiger partial charge in [0, 0.05) is 11.3 Å². The molecule has 1 N–H and O–H groups in total. The van der Waals surface area contributed by atoms with Crippen LogP contribution in [-0.2, 0) is 11.2 Å². The number of hydrogen-bond acceptors (Lipinski definition) is 3. The van der Waals surface area contributed by atoms with Crippen molar-refractivity contribution in [1.82, 2.24) is 5.32 Å². The second kappa shape index (κ2) is 8.14. The third-order valence-electron chi connectivity index (χ3n) is 4.36. The smallest absolute Gasteiger partial charge is 0.233 e. The maximum atomic E-state index is 12.3. The molecule has 4 heteroatoms. The largest absolute Gasteiger partial charge is 0.354 e. The van der Waals surface area contributed by atoms with Gasteiger partial charge in [0.2, 0.25) is 5.91 Å². The number of carbonyl (C=O) groups is 1. The highest BCUT2D eigenvalue weighted by Gasteiger charge is 2.31. The first-order valence-corrected chi connectivity index (χ1v) is 9.44. The molecule has 0 spiro atoms. The molecule has 0 saturated heterocycles. The van der Waals surface area contributed by atoms with Crippen molar-refractivity contribution in [3.63, 3.8) is 0 Å². The van der Waals surface area contributed by atoms with Crippen LogP contribution in [0.4, 0.5) is 0 Å².